The predicted molar refractivity (Wildman–Crippen MR) is 81.2 cm³/mol. The number of fused-ring (bicyclic) bond motifs is 1. The molecule has 2 aromatic rings. The van der Waals surface area contributed by atoms with E-state index in [-0.39, 0.29) is 11.7 Å². The Balaban J connectivity index is 2.29. The number of rotatable bonds is 5. The third-order valence-electron chi connectivity index (χ3n) is 3.55. The van der Waals surface area contributed by atoms with E-state index in [1.54, 1.807) is 23.7 Å². The number of aliphatic carboxylic acids is 1. The van der Waals surface area contributed by atoms with Crippen molar-refractivity contribution in [2.45, 2.75) is 26.3 Å². The quantitative estimate of drug-likeness (QED) is 0.891. The van der Waals surface area contributed by atoms with Gasteiger partial charge in [-0.25, -0.2) is 9.18 Å². The molecule has 1 amide bonds. The first kappa shape index (κ1) is 16.0. The predicted octanol–water partition coefficient (Wildman–Crippen LogP) is 2.55. The van der Waals surface area contributed by atoms with Crippen molar-refractivity contribution >= 4 is 22.8 Å². The van der Waals surface area contributed by atoms with E-state index in [1.807, 2.05) is 13.8 Å². The first-order valence-corrected chi connectivity index (χ1v) is 7.08. The number of carbonyl (C=O) groups is 2. The zero-order valence-corrected chi connectivity index (χ0v) is 12.8. The number of carboxylic acid groups (broad SMARTS) is 1. The van der Waals surface area contributed by atoms with Crippen molar-refractivity contribution in [2.75, 3.05) is 0 Å². The first-order chi connectivity index (χ1) is 10.3. The highest BCUT2D eigenvalue weighted by Crippen LogP contribution is 2.20. The van der Waals surface area contributed by atoms with Gasteiger partial charge in [-0.15, -0.1) is 0 Å². The van der Waals surface area contributed by atoms with Crippen LogP contribution in [-0.2, 0) is 11.8 Å². The van der Waals surface area contributed by atoms with E-state index in [0.717, 1.165) is 0 Å². The van der Waals surface area contributed by atoms with Crippen molar-refractivity contribution in [1.29, 1.82) is 0 Å². The molecular formula is C16H19FN2O3. The molecule has 6 heteroatoms. The molecular weight excluding hydrogens is 287 g/mol. The minimum atomic E-state index is -1.06. The zero-order valence-electron chi connectivity index (χ0n) is 12.8. The Kier molecular flexibility index (Phi) is 4.49. The molecule has 0 fully saturated rings. The van der Waals surface area contributed by atoms with E-state index in [4.69, 9.17) is 0 Å². The Morgan fingerprint density at radius 3 is 2.59 bits per heavy atom. The van der Waals surface area contributed by atoms with Crippen LogP contribution in [0.25, 0.3) is 10.9 Å². The van der Waals surface area contributed by atoms with E-state index in [9.17, 15) is 19.1 Å². The summed E-state index contributed by atoms with van der Waals surface area (Å²) in [7, 11) is 1.69. The topological polar surface area (TPSA) is 71.3 Å². The van der Waals surface area contributed by atoms with Gasteiger partial charge in [0.25, 0.3) is 5.91 Å². The van der Waals surface area contributed by atoms with E-state index < -0.39 is 17.9 Å². The van der Waals surface area contributed by atoms with Gasteiger partial charge >= 0.3 is 5.97 Å². The minimum Gasteiger partial charge on any atom is -0.480 e. The number of halogens is 1. The van der Waals surface area contributed by atoms with Crippen molar-refractivity contribution < 1.29 is 19.1 Å². The largest absolute Gasteiger partial charge is 0.480 e. The third-order valence-corrected chi connectivity index (χ3v) is 3.55. The molecule has 118 valence electrons. The number of amides is 1. The third kappa shape index (κ3) is 3.27. The van der Waals surface area contributed by atoms with Gasteiger partial charge < -0.3 is 15.0 Å². The van der Waals surface area contributed by atoms with Gasteiger partial charge in [0.1, 0.15) is 17.6 Å². The number of nitrogens with zero attached hydrogens (tertiary/aromatic N) is 1. The number of aromatic nitrogens is 1. The molecule has 5 nitrogen and oxygen atoms in total. The summed E-state index contributed by atoms with van der Waals surface area (Å²) in [5.41, 5.74) is 1.01. The summed E-state index contributed by atoms with van der Waals surface area (Å²) >= 11 is 0. The van der Waals surface area contributed by atoms with Gasteiger partial charge in [-0.05, 0) is 36.6 Å². The molecule has 1 aromatic heterocycles. The summed E-state index contributed by atoms with van der Waals surface area (Å²) < 4.78 is 14.9. The Morgan fingerprint density at radius 2 is 2.00 bits per heavy atom. The van der Waals surface area contributed by atoms with Crippen LogP contribution < -0.4 is 5.32 Å². The van der Waals surface area contributed by atoms with Gasteiger partial charge in [-0.2, -0.15) is 0 Å². The molecule has 0 aliphatic rings. The lowest BCUT2D eigenvalue weighted by Gasteiger charge is -2.16. The maximum atomic E-state index is 13.3. The summed E-state index contributed by atoms with van der Waals surface area (Å²) in [5, 5.41) is 12.3. The zero-order chi connectivity index (χ0) is 16.4. The molecule has 2 rings (SSSR count). The molecule has 0 spiro atoms. The van der Waals surface area contributed by atoms with E-state index in [2.05, 4.69) is 5.32 Å². The first-order valence-electron chi connectivity index (χ1n) is 7.08. The lowest BCUT2D eigenvalue weighted by atomic mass is 10.0. The van der Waals surface area contributed by atoms with Crippen LogP contribution in [0, 0.1) is 11.7 Å². The number of aryl methyl sites for hydroxylation is 1. The Labute approximate surface area is 127 Å². The van der Waals surface area contributed by atoms with Crippen molar-refractivity contribution in [3.05, 3.63) is 35.8 Å². The average Bonchev–Trinajstić information content (AvgIpc) is 2.74. The summed E-state index contributed by atoms with van der Waals surface area (Å²) in [6, 6.07) is 4.87. The number of benzene rings is 1. The van der Waals surface area contributed by atoms with Gasteiger partial charge in [0.2, 0.25) is 0 Å². The molecule has 0 saturated carbocycles. The van der Waals surface area contributed by atoms with Gasteiger partial charge in [-0.3, -0.25) is 4.79 Å². The van der Waals surface area contributed by atoms with Gasteiger partial charge in [0, 0.05) is 18.0 Å². The summed E-state index contributed by atoms with van der Waals surface area (Å²) in [6.45, 7) is 3.78. The van der Waals surface area contributed by atoms with Crippen molar-refractivity contribution in [2.24, 2.45) is 13.0 Å². The second kappa shape index (κ2) is 6.17. The van der Waals surface area contributed by atoms with Gasteiger partial charge in [0.15, 0.2) is 0 Å². The van der Waals surface area contributed by atoms with Crippen molar-refractivity contribution in [1.82, 2.24) is 9.88 Å². The number of nitrogens with one attached hydrogen (secondary N) is 1. The molecule has 0 aliphatic carbocycles. The summed E-state index contributed by atoms with van der Waals surface area (Å²) in [5.74, 6) is -1.78. The lowest BCUT2D eigenvalue weighted by molar-refractivity contribution is -0.139. The van der Waals surface area contributed by atoms with Crippen LogP contribution in [-0.4, -0.2) is 27.6 Å². The summed E-state index contributed by atoms with van der Waals surface area (Å²) in [4.78, 5) is 23.6. The average molecular weight is 306 g/mol. The van der Waals surface area contributed by atoms with Crippen LogP contribution in [0.4, 0.5) is 4.39 Å². The molecule has 1 atom stereocenters. The van der Waals surface area contributed by atoms with E-state index in [1.165, 1.54) is 12.1 Å². The minimum absolute atomic E-state index is 0.142. The normalized spacial score (nSPS) is 12.6. The van der Waals surface area contributed by atoms with Crippen LogP contribution >= 0.6 is 0 Å². The smallest absolute Gasteiger partial charge is 0.326 e. The van der Waals surface area contributed by atoms with E-state index >= 15 is 0 Å². The summed E-state index contributed by atoms with van der Waals surface area (Å²) in [6.07, 6.45) is 0.347. The standard InChI is InChI=1S/C16H19FN2O3/c1-9(2)6-12(16(21)22)18-15(20)14-8-10-7-11(17)4-5-13(10)19(14)3/h4-5,7-9,12H,6H2,1-3H3,(H,18,20)(H,21,22). The monoisotopic (exact) mass is 306 g/mol. The molecule has 0 saturated heterocycles. The lowest BCUT2D eigenvalue weighted by Crippen LogP contribution is -2.42. The SMILES string of the molecule is CC(C)CC(NC(=O)c1cc2cc(F)ccc2n1C)C(=O)O. The molecule has 1 heterocycles. The van der Waals surface area contributed by atoms with Crippen LogP contribution in [0.15, 0.2) is 24.3 Å². The second-order valence-corrected chi connectivity index (χ2v) is 5.79. The molecule has 1 unspecified atom stereocenters. The Hall–Kier alpha value is -2.37. The van der Waals surface area contributed by atoms with Crippen LogP contribution in [0.3, 0.4) is 0 Å². The molecule has 1 aromatic carbocycles. The second-order valence-electron chi connectivity index (χ2n) is 5.79. The molecule has 2 N–H and O–H groups in total. The maximum Gasteiger partial charge on any atom is 0.326 e. The highest BCUT2D eigenvalue weighted by Gasteiger charge is 2.23. The number of carbonyl (C=O) groups excluding carboxylic acids is 1. The Morgan fingerprint density at radius 1 is 1.32 bits per heavy atom. The number of hydrogen-bond acceptors (Lipinski definition) is 2. The molecule has 0 bridgehead atoms. The number of carboxylic acids is 1. The maximum absolute atomic E-state index is 13.3. The fourth-order valence-corrected chi connectivity index (χ4v) is 2.46. The molecule has 0 radical (unpaired) electrons. The highest BCUT2D eigenvalue weighted by molar-refractivity contribution is 6.00. The van der Waals surface area contributed by atoms with Crippen molar-refractivity contribution in [3.8, 4) is 0 Å². The van der Waals surface area contributed by atoms with Crippen LogP contribution in [0.2, 0.25) is 0 Å². The Bertz CT molecular complexity index is 721. The number of hydrogen-bond donors (Lipinski definition) is 2. The van der Waals surface area contributed by atoms with Gasteiger partial charge in [-0.1, -0.05) is 13.8 Å². The fourth-order valence-electron chi connectivity index (χ4n) is 2.46. The van der Waals surface area contributed by atoms with Gasteiger partial charge in [0.05, 0.1) is 0 Å². The van der Waals surface area contributed by atoms with Crippen molar-refractivity contribution in [3.63, 3.8) is 0 Å². The highest BCUT2D eigenvalue weighted by atomic mass is 19.1. The molecule has 22 heavy (non-hydrogen) atoms. The van der Waals surface area contributed by atoms with E-state index in [0.29, 0.717) is 23.0 Å². The van der Waals surface area contributed by atoms with Crippen LogP contribution in [0.1, 0.15) is 30.8 Å². The fraction of sp³-hybridized carbons (Fsp3) is 0.375. The van der Waals surface area contributed by atoms with Crippen LogP contribution in [0.5, 0.6) is 0 Å². The molecule has 0 aliphatic heterocycles.